The van der Waals surface area contributed by atoms with Crippen molar-refractivity contribution in [3.63, 3.8) is 0 Å². The highest BCUT2D eigenvalue weighted by molar-refractivity contribution is 5.81. The van der Waals surface area contributed by atoms with Crippen molar-refractivity contribution in [2.75, 3.05) is 12.3 Å². The average molecular weight is 285 g/mol. The number of nitrogen functional groups attached to an aromatic ring is 1. The van der Waals surface area contributed by atoms with Crippen LogP contribution in [-0.4, -0.2) is 59.8 Å². The van der Waals surface area contributed by atoms with Gasteiger partial charge in [-0.05, 0) is 0 Å². The minimum absolute atomic E-state index is 0.0323. The number of aromatic nitrogens is 4. The summed E-state index contributed by atoms with van der Waals surface area (Å²) in [7, 11) is 0. The first-order valence-corrected chi connectivity index (χ1v) is 5.81. The highest BCUT2D eigenvalue weighted by Gasteiger charge is 2.44. The van der Waals surface area contributed by atoms with Crippen LogP contribution in [0, 0.1) is 6.08 Å². The number of hydrogen-bond acceptors (Lipinski definition) is 8. The number of nitrogens with zero attached hydrogens (tertiary/aromatic N) is 4. The Labute approximate surface area is 111 Å². The van der Waals surface area contributed by atoms with Crippen molar-refractivity contribution in [1.82, 2.24) is 19.5 Å². The second-order valence-electron chi connectivity index (χ2n) is 4.43. The standard InChI is InChI=1S/C10H12FN5O4/c11-10-14-7(12)4-8(15-10)16(2-13-4)9-6(19)5(18)3(1-17)20-9/h2-3,5-6,9,17-19H,1H2,(H2,12,14,15)/t3?,5?,6?,9-/m1/s1. The first-order chi connectivity index (χ1) is 9.52. The Morgan fingerprint density at radius 3 is 2.75 bits per heavy atom. The van der Waals surface area contributed by atoms with Gasteiger partial charge in [-0.15, -0.1) is 0 Å². The molecule has 2 aromatic heterocycles. The summed E-state index contributed by atoms with van der Waals surface area (Å²) in [6.07, 6.45) is -4.38. The van der Waals surface area contributed by atoms with Gasteiger partial charge in [0.05, 0.1) is 12.9 Å². The van der Waals surface area contributed by atoms with Gasteiger partial charge < -0.3 is 25.8 Å². The summed E-state index contributed by atoms with van der Waals surface area (Å²) in [5, 5.41) is 28.7. The van der Waals surface area contributed by atoms with Crippen LogP contribution in [0.2, 0.25) is 0 Å². The molecule has 0 radical (unpaired) electrons. The molecule has 3 rings (SSSR count). The summed E-state index contributed by atoms with van der Waals surface area (Å²) in [6, 6.07) is 0. The van der Waals surface area contributed by atoms with E-state index in [2.05, 4.69) is 15.0 Å². The van der Waals surface area contributed by atoms with E-state index in [1.54, 1.807) is 0 Å². The van der Waals surface area contributed by atoms with E-state index in [9.17, 15) is 14.6 Å². The molecule has 1 saturated heterocycles. The van der Waals surface area contributed by atoms with Crippen LogP contribution in [0.3, 0.4) is 0 Å². The van der Waals surface area contributed by atoms with Crippen molar-refractivity contribution in [3.05, 3.63) is 12.4 Å². The summed E-state index contributed by atoms with van der Waals surface area (Å²) < 4.78 is 19.8. The molecule has 4 atom stereocenters. The summed E-state index contributed by atoms with van der Waals surface area (Å²) >= 11 is 0. The van der Waals surface area contributed by atoms with Crippen molar-refractivity contribution < 1.29 is 24.4 Å². The average Bonchev–Trinajstić information content (AvgIpc) is 2.93. The number of anilines is 1. The molecule has 0 spiro atoms. The van der Waals surface area contributed by atoms with Gasteiger partial charge in [-0.1, -0.05) is 0 Å². The predicted octanol–water partition coefficient (Wildman–Crippen LogP) is -1.84. The summed E-state index contributed by atoms with van der Waals surface area (Å²) in [6.45, 7) is -0.465. The number of aliphatic hydroxyl groups is 3. The van der Waals surface area contributed by atoms with Crippen LogP contribution >= 0.6 is 0 Å². The molecule has 2 aromatic rings. The number of aliphatic hydroxyl groups excluding tert-OH is 3. The third-order valence-electron chi connectivity index (χ3n) is 3.21. The fourth-order valence-corrected chi connectivity index (χ4v) is 2.21. The first-order valence-electron chi connectivity index (χ1n) is 5.81. The fourth-order valence-electron chi connectivity index (χ4n) is 2.21. The lowest BCUT2D eigenvalue weighted by atomic mass is 10.1. The summed E-state index contributed by atoms with van der Waals surface area (Å²) in [5.41, 5.74) is 5.71. The molecule has 1 aliphatic heterocycles. The monoisotopic (exact) mass is 285 g/mol. The van der Waals surface area contributed by atoms with Gasteiger partial charge >= 0.3 is 6.08 Å². The number of ether oxygens (including phenoxy) is 1. The normalized spacial score (nSPS) is 30.2. The molecule has 20 heavy (non-hydrogen) atoms. The molecule has 9 nitrogen and oxygen atoms in total. The number of fused-ring (bicyclic) bond motifs is 1. The van der Waals surface area contributed by atoms with E-state index in [0.717, 1.165) is 0 Å². The van der Waals surface area contributed by atoms with E-state index in [1.807, 2.05) is 0 Å². The molecule has 0 aromatic carbocycles. The number of imidazole rings is 1. The van der Waals surface area contributed by atoms with Gasteiger partial charge in [-0.2, -0.15) is 14.4 Å². The molecule has 3 heterocycles. The van der Waals surface area contributed by atoms with E-state index in [-0.39, 0.29) is 17.0 Å². The quantitative estimate of drug-likeness (QED) is 0.472. The fraction of sp³-hybridized carbons (Fsp3) is 0.500. The number of rotatable bonds is 2. The van der Waals surface area contributed by atoms with Crippen LogP contribution in [-0.2, 0) is 4.74 Å². The van der Waals surface area contributed by atoms with Crippen LogP contribution in [0.25, 0.3) is 11.2 Å². The molecule has 108 valence electrons. The first kappa shape index (κ1) is 13.1. The van der Waals surface area contributed by atoms with Gasteiger partial charge in [0.1, 0.15) is 18.3 Å². The van der Waals surface area contributed by atoms with Crippen LogP contribution in [0.15, 0.2) is 6.33 Å². The van der Waals surface area contributed by atoms with Gasteiger partial charge in [0, 0.05) is 0 Å². The van der Waals surface area contributed by atoms with Crippen LogP contribution < -0.4 is 5.73 Å². The zero-order chi connectivity index (χ0) is 14.4. The lowest BCUT2D eigenvalue weighted by molar-refractivity contribution is -0.0511. The topological polar surface area (TPSA) is 140 Å². The van der Waals surface area contributed by atoms with E-state index in [1.165, 1.54) is 10.9 Å². The van der Waals surface area contributed by atoms with Crippen LogP contribution in [0.5, 0.6) is 0 Å². The van der Waals surface area contributed by atoms with Gasteiger partial charge in [0.15, 0.2) is 23.2 Å². The third kappa shape index (κ3) is 1.81. The number of halogens is 1. The third-order valence-corrected chi connectivity index (χ3v) is 3.21. The van der Waals surface area contributed by atoms with Crippen molar-refractivity contribution in [3.8, 4) is 0 Å². The van der Waals surface area contributed by atoms with Gasteiger partial charge in [0.2, 0.25) is 0 Å². The molecule has 0 bridgehead atoms. The Bertz CT molecular complexity index is 650. The van der Waals surface area contributed by atoms with Gasteiger partial charge in [-0.3, -0.25) is 4.57 Å². The van der Waals surface area contributed by atoms with E-state index < -0.39 is 37.2 Å². The second kappa shape index (κ2) is 4.59. The maximum atomic E-state index is 13.2. The van der Waals surface area contributed by atoms with Crippen LogP contribution in [0.1, 0.15) is 6.23 Å². The van der Waals surface area contributed by atoms with Crippen molar-refractivity contribution in [2.24, 2.45) is 0 Å². The van der Waals surface area contributed by atoms with Crippen molar-refractivity contribution in [1.29, 1.82) is 0 Å². The Morgan fingerprint density at radius 2 is 2.10 bits per heavy atom. The minimum atomic E-state index is -1.32. The molecule has 1 fully saturated rings. The maximum Gasteiger partial charge on any atom is 0.312 e. The summed E-state index contributed by atoms with van der Waals surface area (Å²) in [4.78, 5) is 10.8. The number of hydrogen-bond donors (Lipinski definition) is 4. The van der Waals surface area contributed by atoms with Crippen molar-refractivity contribution >= 4 is 17.0 Å². The lowest BCUT2D eigenvalue weighted by Crippen LogP contribution is -2.33. The lowest BCUT2D eigenvalue weighted by Gasteiger charge is -2.16. The molecular formula is C10H12FN5O4. The SMILES string of the molecule is Nc1nc(F)nc2c1ncn2[C@@H]1OC(CO)C(O)C1O. The highest BCUT2D eigenvalue weighted by Crippen LogP contribution is 2.31. The predicted molar refractivity (Wildman–Crippen MR) is 62.7 cm³/mol. The molecule has 0 aliphatic carbocycles. The zero-order valence-corrected chi connectivity index (χ0v) is 10.1. The maximum absolute atomic E-state index is 13.2. The van der Waals surface area contributed by atoms with E-state index in [4.69, 9.17) is 15.6 Å². The van der Waals surface area contributed by atoms with Gasteiger partial charge in [-0.25, -0.2) is 4.98 Å². The molecular weight excluding hydrogens is 273 g/mol. The minimum Gasteiger partial charge on any atom is -0.394 e. The number of nitrogens with two attached hydrogens (primary N) is 1. The highest BCUT2D eigenvalue weighted by atomic mass is 19.1. The Hall–Kier alpha value is -1.88. The molecule has 0 amide bonds. The summed E-state index contributed by atoms with van der Waals surface area (Å²) in [5.74, 6) is -0.141. The molecule has 5 N–H and O–H groups in total. The van der Waals surface area contributed by atoms with Gasteiger partial charge in [0.25, 0.3) is 0 Å². The molecule has 3 unspecified atom stereocenters. The van der Waals surface area contributed by atoms with Crippen molar-refractivity contribution in [2.45, 2.75) is 24.5 Å². The second-order valence-corrected chi connectivity index (χ2v) is 4.43. The van der Waals surface area contributed by atoms with E-state index >= 15 is 0 Å². The zero-order valence-electron chi connectivity index (χ0n) is 10.1. The Kier molecular flexibility index (Phi) is 3.01. The molecule has 10 heteroatoms. The Morgan fingerprint density at radius 1 is 1.35 bits per heavy atom. The smallest absolute Gasteiger partial charge is 0.312 e. The van der Waals surface area contributed by atoms with Crippen LogP contribution in [0.4, 0.5) is 10.2 Å². The Balaban J connectivity index is 2.07. The van der Waals surface area contributed by atoms with E-state index in [0.29, 0.717) is 0 Å². The molecule has 0 saturated carbocycles. The largest absolute Gasteiger partial charge is 0.394 e. The molecule has 1 aliphatic rings.